The topological polar surface area (TPSA) is 20.2 Å². The highest BCUT2D eigenvalue weighted by Crippen LogP contribution is 2.29. The molecule has 0 aliphatic heterocycles. The van der Waals surface area contributed by atoms with Gasteiger partial charge in [0.1, 0.15) is 6.10 Å². The van der Waals surface area contributed by atoms with Crippen molar-refractivity contribution in [1.29, 1.82) is 0 Å². The van der Waals surface area contributed by atoms with Gasteiger partial charge >= 0.3 is 0 Å². The number of hydrogen-bond acceptors (Lipinski definition) is 1. The Kier molecular flexibility index (Phi) is 5.09. The fourth-order valence-electron chi connectivity index (χ4n) is 2.42. The van der Waals surface area contributed by atoms with Crippen LogP contribution < -0.4 is 0 Å². The molecule has 2 aromatic carbocycles. The van der Waals surface area contributed by atoms with E-state index in [1.807, 2.05) is 6.07 Å². The molecule has 0 aromatic heterocycles. The summed E-state index contributed by atoms with van der Waals surface area (Å²) in [4.78, 5) is 0. The molecule has 2 aromatic rings. The Bertz CT molecular complexity index is 588. The molecule has 0 fully saturated rings. The van der Waals surface area contributed by atoms with Crippen LogP contribution in [-0.2, 0) is 12.8 Å². The highest BCUT2D eigenvalue weighted by molar-refractivity contribution is 6.34. The summed E-state index contributed by atoms with van der Waals surface area (Å²) >= 11 is 12.0. The molecule has 0 saturated heterocycles. The van der Waals surface area contributed by atoms with Gasteiger partial charge in [0.25, 0.3) is 0 Å². The highest BCUT2D eigenvalue weighted by atomic mass is 35.5. The fraction of sp³-hybridized carbons (Fsp3) is 0.294. The average molecular weight is 309 g/mol. The molecule has 1 nitrogen and oxygen atoms in total. The van der Waals surface area contributed by atoms with E-state index in [2.05, 4.69) is 26.0 Å². The second kappa shape index (κ2) is 6.62. The predicted octanol–water partition coefficient (Wildman–Crippen LogP) is 5.20. The number of aliphatic hydroxyl groups is 1. The Morgan fingerprint density at radius 3 is 2.00 bits per heavy atom. The van der Waals surface area contributed by atoms with Gasteiger partial charge in [-0.05, 0) is 53.3 Å². The van der Waals surface area contributed by atoms with Crippen molar-refractivity contribution < 1.29 is 5.11 Å². The lowest BCUT2D eigenvalue weighted by molar-refractivity contribution is 0.220. The number of hydrogen-bond donors (Lipinski definition) is 1. The first-order valence-corrected chi connectivity index (χ1v) is 7.56. The molecule has 0 aliphatic rings. The molecule has 0 bridgehead atoms. The molecule has 0 radical (unpaired) electrons. The van der Waals surface area contributed by atoms with Gasteiger partial charge in [0.05, 0.1) is 0 Å². The lowest BCUT2D eigenvalue weighted by Crippen LogP contribution is -2.02. The first-order valence-electron chi connectivity index (χ1n) is 6.80. The van der Waals surface area contributed by atoms with E-state index in [4.69, 9.17) is 23.2 Å². The van der Waals surface area contributed by atoms with Crippen molar-refractivity contribution in [2.75, 3.05) is 0 Å². The van der Waals surface area contributed by atoms with E-state index in [0.29, 0.717) is 15.6 Å². The van der Waals surface area contributed by atoms with Crippen LogP contribution in [0.15, 0.2) is 36.4 Å². The standard InChI is InChI=1S/C17H18Cl2O/c1-3-11-5-6-13(7-12(11)4-2)17(20)14-8-15(18)10-16(19)9-14/h5-10,17,20H,3-4H2,1-2H3. The molecular weight excluding hydrogens is 291 g/mol. The van der Waals surface area contributed by atoms with Crippen molar-refractivity contribution >= 4 is 23.2 Å². The molecule has 106 valence electrons. The molecule has 3 heteroatoms. The van der Waals surface area contributed by atoms with Crippen LogP contribution in [0.3, 0.4) is 0 Å². The number of benzene rings is 2. The Morgan fingerprint density at radius 2 is 1.45 bits per heavy atom. The lowest BCUT2D eigenvalue weighted by Gasteiger charge is -2.15. The normalized spacial score (nSPS) is 12.4. The zero-order valence-electron chi connectivity index (χ0n) is 11.7. The third-order valence-corrected chi connectivity index (χ3v) is 3.94. The van der Waals surface area contributed by atoms with Gasteiger partial charge in [-0.15, -0.1) is 0 Å². The van der Waals surface area contributed by atoms with Gasteiger partial charge in [-0.25, -0.2) is 0 Å². The Balaban J connectivity index is 2.39. The maximum Gasteiger partial charge on any atom is 0.104 e. The van der Waals surface area contributed by atoms with Crippen LogP contribution in [0, 0.1) is 0 Å². The minimum Gasteiger partial charge on any atom is -0.384 e. The summed E-state index contributed by atoms with van der Waals surface area (Å²) in [6.07, 6.45) is 1.25. The van der Waals surface area contributed by atoms with E-state index < -0.39 is 6.10 Å². The number of halogens is 2. The summed E-state index contributed by atoms with van der Waals surface area (Å²) in [5.74, 6) is 0. The van der Waals surface area contributed by atoms with Gasteiger partial charge in [0.15, 0.2) is 0 Å². The van der Waals surface area contributed by atoms with E-state index in [1.165, 1.54) is 11.1 Å². The lowest BCUT2D eigenvalue weighted by atomic mass is 9.95. The van der Waals surface area contributed by atoms with Crippen LogP contribution in [0.4, 0.5) is 0 Å². The molecule has 0 saturated carbocycles. The molecule has 0 aliphatic carbocycles. The third-order valence-electron chi connectivity index (χ3n) is 3.51. The third kappa shape index (κ3) is 3.35. The first kappa shape index (κ1) is 15.4. The summed E-state index contributed by atoms with van der Waals surface area (Å²) < 4.78 is 0. The smallest absolute Gasteiger partial charge is 0.104 e. The van der Waals surface area contributed by atoms with Crippen LogP contribution in [-0.4, -0.2) is 5.11 Å². The Hall–Kier alpha value is -1.02. The maximum atomic E-state index is 10.5. The quantitative estimate of drug-likeness (QED) is 0.823. The minimum absolute atomic E-state index is 0.535. The van der Waals surface area contributed by atoms with Crippen molar-refractivity contribution in [3.05, 3.63) is 68.7 Å². The maximum absolute atomic E-state index is 10.5. The fourth-order valence-corrected chi connectivity index (χ4v) is 2.96. The van der Waals surface area contributed by atoms with Gasteiger partial charge in [-0.2, -0.15) is 0 Å². The summed E-state index contributed by atoms with van der Waals surface area (Å²) in [5, 5.41) is 11.6. The summed E-state index contributed by atoms with van der Waals surface area (Å²) in [5.41, 5.74) is 4.19. The predicted molar refractivity (Wildman–Crippen MR) is 85.7 cm³/mol. The van der Waals surface area contributed by atoms with E-state index in [9.17, 15) is 5.11 Å². The number of aliphatic hydroxyl groups excluding tert-OH is 1. The molecule has 1 N–H and O–H groups in total. The van der Waals surface area contributed by atoms with Crippen molar-refractivity contribution in [2.24, 2.45) is 0 Å². The molecule has 20 heavy (non-hydrogen) atoms. The molecular formula is C17H18Cl2O. The first-order chi connectivity index (χ1) is 9.55. The van der Waals surface area contributed by atoms with Crippen LogP contribution in [0.5, 0.6) is 0 Å². The molecule has 1 unspecified atom stereocenters. The van der Waals surface area contributed by atoms with Crippen molar-refractivity contribution in [2.45, 2.75) is 32.8 Å². The minimum atomic E-state index is -0.706. The SMILES string of the molecule is CCc1ccc(C(O)c2cc(Cl)cc(Cl)c2)cc1CC. The van der Waals surface area contributed by atoms with E-state index in [1.54, 1.807) is 18.2 Å². The second-order valence-corrected chi connectivity index (χ2v) is 5.71. The zero-order chi connectivity index (χ0) is 14.7. The highest BCUT2D eigenvalue weighted by Gasteiger charge is 2.13. The van der Waals surface area contributed by atoms with Gasteiger partial charge < -0.3 is 5.11 Å². The van der Waals surface area contributed by atoms with Gasteiger partial charge in [0, 0.05) is 10.0 Å². The Morgan fingerprint density at radius 1 is 0.850 bits per heavy atom. The molecule has 0 amide bonds. The van der Waals surface area contributed by atoms with Crippen LogP contribution in [0.1, 0.15) is 42.2 Å². The summed E-state index contributed by atoms with van der Waals surface area (Å²) in [6.45, 7) is 4.27. The van der Waals surface area contributed by atoms with E-state index in [0.717, 1.165) is 18.4 Å². The van der Waals surface area contributed by atoms with Crippen LogP contribution >= 0.6 is 23.2 Å². The number of rotatable bonds is 4. The van der Waals surface area contributed by atoms with Crippen LogP contribution in [0.2, 0.25) is 10.0 Å². The molecule has 0 spiro atoms. The zero-order valence-corrected chi connectivity index (χ0v) is 13.2. The molecule has 2 rings (SSSR count). The molecule has 1 atom stereocenters. The monoisotopic (exact) mass is 308 g/mol. The molecule has 0 heterocycles. The summed E-state index contributed by atoms with van der Waals surface area (Å²) in [6, 6.07) is 11.3. The van der Waals surface area contributed by atoms with Crippen molar-refractivity contribution in [3.63, 3.8) is 0 Å². The van der Waals surface area contributed by atoms with Crippen molar-refractivity contribution in [3.8, 4) is 0 Å². The van der Waals surface area contributed by atoms with Gasteiger partial charge in [-0.1, -0.05) is 55.2 Å². The van der Waals surface area contributed by atoms with Gasteiger partial charge in [0.2, 0.25) is 0 Å². The largest absolute Gasteiger partial charge is 0.384 e. The van der Waals surface area contributed by atoms with Crippen molar-refractivity contribution in [1.82, 2.24) is 0 Å². The van der Waals surface area contributed by atoms with Gasteiger partial charge in [-0.3, -0.25) is 0 Å². The van der Waals surface area contributed by atoms with Crippen LogP contribution in [0.25, 0.3) is 0 Å². The number of aryl methyl sites for hydroxylation is 2. The van der Waals surface area contributed by atoms with E-state index in [-0.39, 0.29) is 0 Å². The average Bonchev–Trinajstić information content (AvgIpc) is 2.44. The second-order valence-electron chi connectivity index (χ2n) is 4.84. The Labute approximate surface area is 130 Å². The van der Waals surface area contributed by atoms with E-state index >= 15 is 0 Å². The summed E-state index contributed by atoms with van der Waals surface area (Å²) in [7, 11) is 0.